The highest BCUT2D eigenvalue weighted by Crippen LogP contribution is 2.18. The number of esters is 1. The zero-order valence-electron chi connectivity index (χ0n) is 45.0. The lowest BCUT2D eigenvalue weighted by atomic mass is 10.0. The van der Waals surface area contributed by atoms with Crippen LogP contribution in [0.25, 0.3) is 0 Å². The van der Waals surface area contributed by atoms with Crippen LogP contribution < -0.4 is 5.32 Å². The fraction of sp³-hybridized carbons (Fsp3) is 0.967. The quantitative estimate of drug-likeness (QED) is 0.0417. The maximum absolute atomic E-state index is 12.5. The van der Waals surface area contributed by atoms with Crippen LogP contribution in [0, 0.1) is 0 Å². The van der Waals surface area contributed by atoms with E-state index in [-0.39, 0.29) is 18.5 Å². The van der Waals surface area contributed by atoms with Gasteiger partial charge in [-0.2, -0.15) is 0 Å². The van der Waals surface area contributed by atoms with Crippen LogP contribution in [-0.2, 0) is 14.3 Å². The summed E-state index contributed by atoms with van der Waals surface area (Å²) in [7, 11) is 0. The van der Waals surface area contributed by atoms with E-state index in [0.717, 1.165) is 51.4 Å². The van der Waals surface area contributed by atoms with Crippen LogP contribution in [0.1, 0.15) is 348 Å². The Labute approximate surface area is 413 Å². The van der Waals surface area contributed by atoms with Crippen molar-refractivity contribution in [3.63, 3.8) is 0 Å². The molecule has 1 amide bonds. The van der Waals surface area contributed by atoms with Crippen molar-refractivity contribution in [1.82, 2.24) is 5.32 Å². The van der Waals surface area contributed by atoms with Gasteiger partial charge in [-0.05, 0) is 25.7 Å². The number of carbonyl (C=O) groups is 2. The van der Waals surface area contributed by atoms with Crippen LogP contribution in [0.15, 0.2) is 0 Å². The van der Waals surface area contributed by atoms with E-state index in [1.54, 1.807) is 0 Å². The summed E-state index contributed by atoms with van der Waals surface area (Å²) in [5.74, 6) is -0.0470. The molecule has 0 aromatic heterocycles. The van der Waals surface area contributed by atoms with E-state index in [9.17, 15) is 19.8 Å². The van der Waals surface area contributed by atoms with Gasteiger partial charge in [-0.3, -0.25) is 9.59 Å². The van der Waals surface area contributed by atoms with Crippen molar-refractivity contribution in [3.8, 4) is 0 Å². The number of nitrogens with one attached hydrogen (secondary N) is 1. The lowest BCUT2D eigenvalue weighted by Gasteiger charge is -2.22. The van der Waals surface area contributed by atoms with Crippen LogP contribution in [-0.4, -0.2) is 47.4 Å². The van der Waals surface area contributed by atoms with Crippen molar-refractivity contribution >= 4 is 11.9 Å². The average Bonchev–Trinajstić information content (AvgIpc) is 3.32. The molecule has 0 spiro atoms. The average molecular weight is 935 g/mol. The van der Waals surface area contributed by atoms with Gasteiger partial charge in [-0.25, -0.2) is 0 Å². The number of rotatable bonds is 57. The molecule has 0 radical (unpaired) electrons. The second-order valence-electron chi connectivity index (χ2n) is 21.1. The number of carbonyl (C=O) groups excluding carboxylic acids is 2. The lowest BCUT2D eigenvalue weighted by molar-refractivity contribution is -0.143. The molecule has 0 saturated heterocycles. The van der Waals surface area contributed by atoms with Gasteiger partial charge in [0.25, 0.3) is 0 Å². The number of amides is 1. The van der Waals surface area contributed by atoms with Crippen LogP contribution in [0.3, 0.4) is 0 Å². The first-order valence-corrected chi connectivity index (χ1v) is 30.3. The zero-order valence-corrected chi connectivity index (χ0v) is 45.0. The highest BCUT2D eigenvalue weighted by atomic mass is 16.5. The molecule has 0 aliphatic carbocycles. The molecule has 0 aliphatic rings. The minimum Gasteiger partial charge on any atom is -0.466 e. The smallest absolute Gasteiger partial charge is 0.305 e. The fourth-order valence-corrected chi connectivity index (χ4v) is 9.76. The topological polar surface area (TPSA) is 95.9 Å². The van der Waals surface area contributed by atoms with Gasteiger partial charge in [0, 0.05) is 12.8 Å². The summed E-state index contributed by atoms with van der Waals surface area (Å²) in [4.78, 5) is 24.5. The van der Waals surface area contributed by atoms with Crippen LogP contribution in [0.5, 0.6) is 0 Å². The Bertz CT molecular complexity index is 944. The van der Waals surface area contributed by atoms with Crippen molar-refractivity contribution in [1.29, 1.82) is 0 Å². The Balaban J connectivity index is 3.43. The highest BCUT2D eigenvalue weighted by Gasteiger charge is 2.20. The summed E-state index contributed by atoms with van der Waals surface area (Å²) in [6.07, 6.45) is 65.3. The Morgan fingerprint density at radius 1 is 0.364 bits per heavy atom. The summed E-state index contributed by atoms with van der Waals surface area (Å²) in [5.41, 5.74) is 0. The standard InChI is InChI=1S/C60H119NO5/c1-3-5-7-9-11-13-15-16-17-18-19-20-21-22-23-24-25-26-27-29-33-36-40-44-48-52-58(63)57(56-62)61-59(64)53-49-45-41-37-34-30-28-31-35-39-43-47-51-55-66-60(65)54-50-46-42-38-32-14-12-10-8-6-4-2/h57-58,62-63H,3-56H2,1-2H3,(H,61,64). The minimum absolute atomic E-state index is 0.00417. The number of hydrogen-bond donors (Lipinski definition) is 3. The van der Waals surface area contributed by atoms with E-state index in [0.29, 0.717) is 25.9 Å². The van der Waals surface area contributed by atoms with Crippen molar-refractivity contribution < 1.29 is 24.5 Å². The van der Waals surface area contributed by atoms with E-state index >= 15 is 0 Å². The van der Waals surface area contributed by atoms with Gasteiger partial charge in [0.2, 0.25) is 5.91 Å². The molecule has 0 aliphatic heterocycles. The second-order valence-corrected chi connectivity index (χ2v) is 21.1. The Morgan fingerprint density at radius 3 is 0.924 bits per heavy atom. The molecule has 0 heterocycles. The number of ether oxygens (including phenoxy) is 1. The van der Waals surface area contributed by atoms with Gasteiger partial charge < -0.3 is 20.3 Å². The fourth-order valence-electron chi connectivity index (χ4n) is 9.76. The number of aliphatic hydroxyl groups excluding tert-OH is 2. The molecule has 0 aromatic carbocycles. The molecule has 66 heavy (non-hydrogen) atoms. The van der Waals surface area contributed by atoms with Gasteiger partial charge >= 0.3 is 5.97 Å². The van der Waals surface area contributed by atoms with Crippen molar-refractivity contribution in [3.05, 3.63) is 0 Å². The minimum atomic E-state index is -0.673. The van der Waals surface area contributed by atoms with E-state index in [1.807, 2.05) is 0 Å². The first-order chi connectivity index (χ1) is 32.5. The van der Waals surface area contributed by atoms with E-state index in [2.05, 4.69) is 19.2 Å². The number of hydrogen-bond acceptors (Lipinski definition) is 5. The molecule has 394 valence electrons. The molecular formula is C60H119NO5. The Hall–Kier alpha value is -1.14. The first kappa shape index (κ1) is 64.9. The van der Waals surface area contributed by atoms with Gasteiger partial charge in [0.1, 0.15) is 0 Å². The van der Waals surface area contributed by atoms with Gasteiger partial charge in [0.15, 0.2) is 0 Å². The Morgan fingerprint density at radius 2 is 0.621 bits per heavy atom. The SMILES string of the molecule is CCCCCCCCCCCCCCCCCCCCCCCCCCCC(O)C(CO)NC(=O)CCCCCCCCCCCCCCCOC(=O)CCCCCCCCCCCCC. The summed E-state index contributed by atoms with van der Waals surface area (Å²) in [6, 6.07) is -0.551. The molecular weight excluding hydrogens is 815 g/mol. The molecule has 0 fully saturated rings. The third-order valence-electron chi connectivity index (χ3n) is 14.4. The molecule has 6 heteroatoms. The summed E-state index contributed by atoms with van der Waals surface area (Å²) in [5, 5.41) is 23.4. The van der Waals surface area contributed by atoms with Gasteiger partial charge in [-0.1, -0.05) is 309 Å². The number of unbranched alkanes of at least 4 members (excludes halogenated alkanes) is 46. The lowest BCUT2D eigenvalue weighted by Crippen LogP contribution is -2.45. The summed E-state index contributed by atoms with van der Waals surface area (Å²) >= 11 is 0. The van der Waals surface area contributed by atoms with E-state index in [1.165, 1.54) is 263 Å². The molecule has 2 unspecified atom stereocenters. The Kier molecular flexibility index (Phi) is 55.5. The molecule has 6 nitrogen and oxygen atoms in total. The first-order valence-electron chi connectivity index (χ1n) is 30.3. The summed E-state index contributed by atoms with van der Waals surface area (Å²) < 4.78 is 5.46. The van der Waals surface area contributed by atoms with Crippen molar-refractivity contribution in [2.24, 2.45) is 0 Å². The second kappa shape index (κ2) is 56.4. The normalized spacial score (nSPS) is 12.5. The van der Waals surface area contributed by atoms with Crippen LogP contribution >= 0.6 is 0 Å². The predicted molar refractivity (Wildman–Crippen MR) is 287 cm³/mol. The van der Waals surface area contributed by atoms with Crippen LogP contribution in [0.2, 0.25) is 0 Å². The van der Waals surface area contributed by atoms with Crippen molar-refractivity contribution in [2.45, 2.75) is 360 Å². The zero-order chi connectivity index (χ0) is 47.9. The molecule has 0 bridgehead atoms. The maximum Gasteiger partial charge on any atom is 0.305 e. The van der Waals surface area contributed by atoms with E-state index in [4.69, 9.17) is 4.74 Å². The van der Waals surface area contributed by atoms with Crippen LogP contribution in [0.4, 0.5) is 0 Å². The highest BCUT2D eigenvalue weighted by molar-refractivity contribution is 5.76. The number of aliphatic hydroxyl groups is 2. The molecule has 0 rings (SSSR count). The largest absolute Gasteiger partial charge is 0.466 e. The monoisotopic (exact) mass is 934 g/mol. The van der Waals surface area contributed by atoms with Gasteiger partial charge in [-0.15, -0.1) is 0 Å². The predicted octanol–water partition coefficient (Wildman–Crippen LogP) is 18.7. The summed E-state index contributed by atoms with van der Waals surface area (Å²) in [6.45, 7) is 4.95. The molecule has 0 aromatic rings. The third-order valence-corrected chi connectivity index (χ3v) is 14.4. The van der Waals surface area contributed by atoms with Gasteiger partial charge in [0.05, 0.1) is 25.4 Å². The third kappa shape index (κ3) is 52.2. The van der Waals surface area contributed by atoms with Crippen molar-refractivity contribution in [2.75, 3.05) is 13.2 Å². The van der Waals surface area contributed by atoms with E-state index < -0.39 is 12.1 Å². The molecule has 3 N–H and O–H groups in total. The molecule has 2 atom stereocenters. The maximum atomic E-state index is 12.5. The molecule has 0 saturated carbocycles.